The van der Waals surface area contributed by atoms with Gasteiger partial charge >= 0.3 is 5.97 Å². The summed E-state index contributed by atoms with van der Waals surface area (Å²) in [5.74, 6) is -1.11. The van der Waals surface area contributed by atoms with Crippen LogP contribution in [0.2, 0.25) is 0 Å². The number of carboxylic acids is 1. The highest BCUT2D eigenvalue weighted by atomic mass is 32.2. The molecule has 0 aliphatic heterocycles. The van der Waals surface area contributed by atoms with Crippen LogP contribution < -0.4 is 4.72 Å². The molecule has 0 spiro atoms. The fourth-order valence-corrected chi connectivity index (χ4v) is 4.18. The highest BCUT2D eigenvalue weighted by Gasteiger charge is 2.18. The minimum absolute atomic E-state index is 0.0267. The summed E-state index contributed by atoms with van der Waals surface area (Å²) < 4.78 is 26.4. The smallest absolute Gasteiger partial charge is 0.345 e. The first kappa shape index (κ1) is 14.2. The molecule has 0 amide bonds. The van der Waals surface area contributed by atoms with Gasteiger partial charge in [0.1, 0.15) is 9.09 Å². The summed E-state index contributed by atoms with van der Waals surface area (Å²) in [6.45, 7) is 0.356. The van der Waals surface area contributed by atoms with E-state index in [0.29, 0.717) is 6.54 Å². The zero-order chi connectivity index (χ0) is 13.9. The Labute approximate surface area is 116 Å². The van der Waals surface area contributed by atoms with Gasteiger partial charge in [-0.05, 0) is 37.8 Å². The molecule has 0 aromatic carbocycles. The second kappa shape index (κ2) is 5.85. The lowest BCUT2D eigenvalue weighted by molar-refractivity contribution is 0.0702. The van der Waals surface area contributed by atoms with Crippen molar-refractivity contribution in [3.05, 3.63) is 28.7 Å². The maximum atomic E-state index is 11.9. The molecular formula is C12H15NO4S2. The molecule has 0 unspecified atom stereocenters. The van der Waals surface area contributed by atoms with Gasteiger partial charge in [0.05, 0.1) is 0 Å². The molecule has 7 heteroatoms. The lowest BCUT2D eigenvalue weighted by Gasteiger charge is -2.05. The van der Waals surface area contributed by atoms with E-state index in [1.807, 2.05) is 0 Å². The lowest BCUT2D eigenvalue weighted by atomic mass is 10.2. The molecular weight excluding hydrogens is 286 g/mol. The summed E-state index contributed by atoms with van der Waals surface area (Å²) in [6, 6.07) is 2.63. The third-order valence-corrected chi connectivity index (χ3v) is 5.96. The predicted octanol–water partition coefficient (Wildman–Crippen LogP) is 2.22. The van der Waals surface area contributed by atoms with Crippen LogP contribution in [0, 0.1) is 0 Å². The number of rotatable bonds is 6. The van der Waals surface area contributed by atoms with Crippen molar-refractivity contribution in [2.75, 3.05) is 6.54 Å². The normalized spacial score (nSPS) is 15.5. The van der Waals surface area contributed by atoms with E-state index in [2.05, 4.69) is 10.8 Å². The van der Waals surface area contributed by atoms with E-state index in [-0.39, 0.29) is 9.09 Å². The molecule has 0 atom stereocenters. The van der Waals surface area contributed by atoms with Crippen LogP contribution in [0.25, 0.3) is 0 Å². The van der Waals surface area contributed by atoms with E-state index in [4.69, 9.17) is 5.11 Å². The van der Waals surface area contributed by atoms with Crippen LogP contribution in [-0.2, 0) is 10.0 Å². The van der Waals surface area contributed by atoms with Crippen molar-refractivity contribution in [1.29, 1.82) is 0 Å². The maximum absolute atomic E-state index is 11.9. The van der Waals surface area contributed by atoms with Gasteiger partial charge in [-0.15, -0.1) is 11.3 Å². The van der Waals surface area contributed by atoms with Crippen LogP contribution in [0.15, 0.2) is 28.0 Å². The van der Waals surface area contributed by atoms with Gasteiger partial charge in [0.2, 0.25) is 10.0 Å². The minimum Gasteiger partial charge on any atom is -0.477 e. The number of nitrogens with one attached hydrogen (secondary N) is 1. The van der Waals surface area contributed by atoms with Gasteiger partial charge in [0.15, 0.2) is 0 Å². The summed E-state index contributed by atoms with van der Waals surface area (Å²) in [5, 5.41) is 8.77. The number of hydrogen-bond acceptors (Lipinski definition) is 4. The Bertz CT molecular complexity index is 601. The van der Waals surface area contributed by atoms with Crippen molar-refractivity contribution >= 4 is 27.3 Å². The average molecular weight is 301 g/mol. The van der Waals surface area contributed by atoms with Gasteiger partial charge in [-0.3, -0.25) is 0 Å². The molecule has 1 aliphatic carbocycles. The zero-order valence-electron chi connectivity index (χ0n) is 10.3. The molecule has 104 valence electrons. The minimum atomic E-state index is -3.59. The molecule has 5 nitrogen and oxygen atoms in total. The Hall–Kier alpha value is -1.18. The summed E-state index contributed by atoms with van der Waals surface area (Å²) in [5.41, 5.74) is 1.29. The van der Waals surface area contributed by atoms with Crippen LogP contribution >= 0.6 is 11.3 Å². The molecule has 1 aromatic heterocycles. The van der Waals surface area contributed by atoms with Crippen molar-refractivity contribution < 1.29 is 18.3 Å². The summed E-state index contributed by atoms with van der Waals surface area (Å²) in [7, 11) is -3.59. The van der Waals surface area contributed by atoms with Crippen molar-refractivity contribution in [1.82, 2.24) is 4.72 Å². The van der Waals surface area contributed by atoms with Crippen LogP contribution in [-0.4, -0.2) is 26.0 Å². The first-order chi connectivity index (χ1) is 8.99. The van der Waals surface area contributed by atoms with E-state index in [1.54, 1.807) is 0 Å². The van der Waals surface area contributed by atoms with E-state index < -0.39 is 16.0 Å². The Morgan fingerprint density at radius 1 is 1.42 bits per heavy atom. The van der Waals surface area contributed by atoms with Gasteiger partial charge in [0, 0.05) is 6.54 Å². The third kappa shape index (κ3) is 3.65. The monoisotopic (exact) mass is 301 g/mol. The fourth-order valence-electron chi connectivity index (χ4n) is 1.96. The van der Waals surface area contributed by atoms with Crippen molar-refractivity contribution in [2.45, 2.75) is 29.9 Å². The van der Waals surface area contributed by atoms with E-state index >= 15 is 0 Å². The average Bonchev–Trinajstić information content (AvgIpc) is 2.99. The Balaban J connectivity index is 1.95. The maximum Gasteiger partial charge on any atom is 0.345 e. The summed E-state index contributed by atoms with van der Waals surface area (Å²) in [6.07, 6.45) is 6.15. The number of sulfonamides is 1. The predicted molar refractivity (Wildman–Crippen MR) is 73.0 cm³/mol. The van der Waals surface area contributed by atoms with Crippen LogP contribution in [0.5, 0.6) is 0 Å². The third-order valence-electron chi connectivity index (χ3n) is 2.93. The van der Waals surface area contributed by atoms with Crippen molar-refractivity contribution in [3.63, 3.8) is 0 Å². The number of allylic oxidation sites excluding steroid dienone is 1. The first-order valence-electron chi connectivity index (χ1n) is 6.00. The number of carbonyl (C=O) groups is 1. The zero-order valence-corrected chi connectivity index (χ0v) is 11.9. The molecule has 1 heterocycles. The highest BCUT2D eigenvalue weighted by Crippen LogP contribution is 2.22. The van der Waals surface area contributed by atoms with E-state index in [0.717, 1.165) is 37.0 Å². The Morgan fingerprint density at radius 2 is 2.21 bits per heavy atom. The standard InChI is InChI=1S/C12H15NO4S2/c14-12(15)10-5-6-11(18-10)19(16,17)13-8-7-9-3-1-2-4-9/h3,5-6,13H,1-2,4,7-8H2,(H,14,15). The first-order valence-corrected chi connectivity index (χ1v) is 8.30. The van der Waals surface area contributed by atoms with Gasteiger partial charge in [-0.1, -0.05) is 11.6 Å². The molecule has 1 aromatic rings. The quantitative estimate of drug-likeness (QED) is 0.789. The van der Waals surface area contributed by atoms with Gasteiger partial charge in [-0.2, -0.15) is 0 Å². The topological polar surface area (TPSA) is 83.5 Å². The molecule has 0 saturated heterocycles. The molecule has 2 N–H and O–H groups in total. The van der Waals surface area contributed by atoms with E-state index in [9.17, 15) is 13.2 Å². The lowest BCUT2D eigenvalue weighted by Crippen LogP contribution is -2.24. The molecule has 0 fully saturated rings. The molecule has 0 radical (unpaired) electrons. The number of thiophene rings is 1. The summed E-state index contributed by atoms with van der Waals surface area (Å²) in [4.78, 5) is 10.7. The Kier molecular flexibility index (Phi) is 4.38. The fraction of sp³-hybridized carbons (Fsp3) is 0.417. The largest absolute Gasteiger partial charge is 0.477 e. The highest BCUT2D eigenvalue weighted by molar-refractivity contribution is 7.91. The summed E-state index contributed by atoms with van der Waals surface area (Å²) >= 11 is 0.766. The Morgan fingerprint density at radius 3 is 2.79 bits per heavy atom. The van der Waals surface area contributed by atoms with Crippen LogP contribution in [0.4, 0.5) is 0 Å². The number of hydrogen-bond donors (Lipinski definition) is 2. The van der Waals surface area contributed by atoms with Gasteiger partial charge in [0.25, 0.3) is 0 Å². The number of carboxylic acid groups (broad SMARTS) is 1. The van der Waals surface area contributed by atoms with Gasteiger partial charge in [-0.25, -0.2) is 17.9 Å². The van der Waals surface area contributed by atoms with Gasteiger partial charge < -0.3 is 5.11 Å². The second-order valence-electron chi connectivity index (χ2n) is 4.33. The van der Waals surface area contributed by atoms with E-state index in [1.165, 1.54) is 17.7 Å². The van der Waals surface area contributed by atoms with Crippen LogP contribution in [0.3, 0.4) is 0 Å². The molecule has 0 bridgehead atoms. The second-order valence-corrected chi connectivity index (χ2v) is 7.40. The van der Waals surface area contributed by atoms with Crippen molar-refractivity contribution in [2.24, 2.45) is 0 Å². The molecule has 0 saturated carbocycles. The SMILES string of the molecule is O=C(O)c1ccc(S(=O)(=O)NCCC2=CCCC2)s1. The molecule has 2 rings (SSSR count). The van der Waals surface area contributed by atoms with Crippen molar-refractivity contribution in [3.8, 4) is 0 Å². The number of aromatic carboxylic acids is 1. The molecule has 1 aliphatic rings. The van der Waals surface area contributed by atoms with Crippen LogP contribution in [0.1, 0.15) is 35.4 Å². The molecule has 19 heavy (non-hydrogen) atoms.